The fourth-order valence-corrected chi connectivity index (χ4v) is 5.54. The number of carbonyl (C=O) groups excluding carboxylic acids is 2. The lowest BCUT2D eigenvalue weighted by Crippen LogP contribution is -2.48. The molecule has 9 heteroatoms. The van der Waals surface area contributed by atoms with Gasteiger partial charge in [0.05, 0.1) is 17.1 Å². The first kappa shape index (κ1) is 25.9. The van der Waals surface area contributed by atoms with Gasteiger partial charge in [-0.3, -0.25) is 9.59 Å². The second-order valence-corrected chi connectivity index (χ2v) is 11.1. The van der Waals surface area contributed by atoms with Crippen molar-refractivity contribution in [3.63, 3.8) is 0 Å². The van der Waals surface area contributed by atoms with Crippen molar-refractivity contribution in [2.75, 3.05) is 18.4 Å². The summed E-state index contributed by atoms with van der Waals surface area (Å²) in [6, 6.07) is 13.3. The lowest BCUT2D eigenvalue weighted by molar-refractivity contribution is -0.116. The summed E-state index contributed by atoms with van der Waals surface area (Å²) in [6.45, 7) is 8.42. The molecule has 0 radical (unpaired) electrons. The first-order valence-corrected chi connectivity index (χ1v) is 12.9. The number of rotatable bonds is 8. The zero-order valence-electron chi connectivity index (χ0n) is 20.1. The van der Waals surface area contributed by atoms with Crippen LogP contribution in [-0.2, 0) is 26.1 Å². The molecule has 0 bridgehead atoms. The Kier molecular flexibility index (Phi) is 8.46. The average molecular weight is 488 g/mol. The highest BCUT2D eigenvalue weighted by atomic mass is 32.2. The Morgan fingerprint density at radius 3 is 2.41 bits per heavy atom. The Morgan fingerprint density at radius 2 is 1.74 bits per heavy atom. The minimum absolute atomic E-state index is 0.0572. The summed E-state index contributed by atoms with van der Waals surface area (Å²) in [5, 5.41) is 5.68. The van der Waals surface area contributed by atoms with Crippen LogP contribution in [0.3, 0.4) is 0 Å². The van der Waals surface area contributed by atoms with E-state index in [0.717, 1.165) is 5.56 Å². The van der Waals surface area contributed by atoms with Gasteiger partial charge in [0, 0.05) is 37.3 Å². The smallest absolute Gasteiger partial charge is 0.251 e. The van der Waals surface area contributed by atoms with E-state index in [2.05, 4.69) is 10.6 Å². The molecule has 184 valence electrons. The molecule has 0 saturated carbocycles. The van der Waals surface area contributed by atoms with Crippen LogP contribution >= 0.6 is 0 Å². The van der Waals surface area contributed by atoms with Crippen LogP contribution in [0.15, 0.2) is 53.4 Å². The maximum atomic E-state index is 13.1. The molecule has 0 spiro atoms. The van der Waals surface area contributed by atoms with Crippen LogP contribution in [0.2, 0.25) is 0 Å². The van der Waals surface area contributed by atoms with E-state index < -0.39 is 10.0 Å². The number of sulfonamides is 1. The van der Waals surface area contributed by atoms with Gasteiger partial charge in [0.15, 0.2) is 0 Å². The van der Waals surface area contributed by atoms with Gasteiger partial charge in [-0.05, 0) is 55.7 Å². The van der Waals surface area contributed by atoms with E-state index in [0.29, 0.717) is 12.1 Å². The molecule has 2 unspecified atom stereocenters. The number of carbonyl (C=O) groups is 2. The monoisotopic (exact) mass is 487 g/mol. The van der Waals surface area contributed by atoms with E-state index in [4.69, 9.17) is 4.74 Å². The van der Waals surface area contributed by atoms with Crippen LogP contribution in [0.4, 0.5) is 5.69 Å². The normalized spacial score (nSPS) is 19.1. The lowest BCUT2D eigenvalue weighted by Gasteiger charge is -2.34. The van der Waals surface area contributed by atoms with Crippen LogP contribution in [0.5, 0.6) is 0 Å². The van der Waals surface area contributed by atoms with Crippen molar-refractivity contribution in [2.45, 2.75) is 57.8 Å². The maximum Gasteiger partial charge on any atom is 0.251 e. The number of ether oxygens (including phenoxy) is 1. The van der Waals surface area contributed by atoms with Gasteiger partial charge in [0.1, 0.15) is 0 Å². The number of hydrogen-bond acceptors (Lipinski definition) is 5. The van der Waals surface area contributed by atoms with Crippen LogP contribution in [0, 0.1) is 5.92 Å². The molecule has 8 nitrogen and oxygen atoms in total. The average Bonchev–Trinajstić information content (AvgIpc) is 2.76. The summed E-state index contributed by atoms with van der Waals surface area (Å²) in [5.74, 6) is -0.176. The van der Waals surface area contributed by atoms with Crippen molar-refractivity contribution in [2.24, 2.45) is 5.92 Å². The highest BCUT2D eigenvalue weighted by Crippen LogP contribution is 2.22. The molecule has 2 aromatic rings. The third-order valence-electron chi connectivity index (χ3n) is 5.38. The van der Waals surface area contributed by atoms with Crippen molar-refractivity contribution in [3.05, 3.63) is 59.7 Å². The van der Waals surface area contributed by atoms with Crippen molar-refractivity contribution >= 4 is 27.5 Å². The molecule has 1 aliphatic heterocycles. The third kappa shape index (κ3) is 6.88. The Balaban J connectivity index is 1.66. The summed E-state index contributed by atoms with van der Waals surface area (Å²) < 4.78 is 33.3. The van der Waals surface area contributed by atoms with Crippen LogP contribution in [-0.4, -0.2) is 49.8 Å². The minimum Gasteiger partial charge on any atom is -0.373 e. The number of amides is 2. The first-order valence-electron chi connectivity index (χ1n) is 11.5. The summed E-state index contributed by atoms with van der Waals surface area (Å²) in [7, 11) is -3.74. The first-order chi connectivity index (χ1) is 16.0. The van der Waals surface area contributed by atoms with E-state index in [-0.39, 0.29) is 60.0 Å². The van der Waals surface area contributed by atoms with Crippen LogP contribution in [0.1, 0.15) is 50.0 Å². The van der Waals surface area contributed by atoms with Crippen LogP contribution in [0.25, 0.3) is 0 Å². The van der Waals surface area contributed by atoms with Gasteiger partial charge >= 0.3 is 0 Å². The number of nitrogens with one attached hydrogen (secondary N) is 2. The molecule has 3 rings (SSSR count). The molecule has 2 amide bonds. The fraction of sp³-hybridized carbons (Fsp3) is 0.440. The molecule has 1 aliphatic rings. The largest absolute Gasteiger partial charge is 0.373 e. The summed E-state index contributed by atoms with van der Waals surface area (Å²) in [6.07, 6.45) is 0.0366. The molecule has 1 saturated heterocycles. The van der Waals surface area contributed by atoms with Crippen molar-refractivity contribution in [1.82, 2.24) is 9.62 Å². The summed E-state index contributed by atoms with van der Waals surface area (Å²) in [5.41, 5.74) is 1.74. The van der Waals surface area contributed by atoms with E-state index >= 15 is 0 Å². The van der Waals surface area contributed by atoms with Crippen molar-refractivity contribution < 1.29 is 22.7 Å². The topological polar surface area (TPSA) is 105 Å². The zero-order valence-corrected chi connectivity index (χ0v) is 20.9. The molecular formula is C25H33N3O5S. The van der Waals surface area contributed by atoms with Gasteiger partial charge in [-0.1, -0.05) is 32.0 Å². The molecule has 2 N–H and O–H groups in total. The molecule has 1 heterocycles. The number of morpholine rings is 1. The Morgan fingerprint density at radius 1 is 1.06 bits per heavy atom. The molecular weight excluding hydrogens is 454 g/mol. The van der Waals surface area contributed by atoms with Gasteiger partial charge < -0.3 is 15.4 Å². The number of benzene rings is 2. The number of anilines is 1. The maximum absolute atomic E-state index is 13.1. The predicted molar refractivity (Wildman–Crippen MR) is 131 cm³/mol. The third-order valence-corrected chi connectivity index (χ3v) is 7.21. The SMILES string of the molecule is CC(C)CC(=O)Nc1cccc(CNC(=O)c2cccc(S(=O)(=O)N3CC(C)OC(C)C3)c2)c1. The van der Waals surface area contributed by atoms with Gasteiger partial charge in [0.25, 0.3) is 5.91 Å². The van der Waals surface area contributed by atoms with Gasteiger partial charge in [0.2, 0.25) is 15.9 Å². The van der Waals surface area contributed by atoms with Gasteiger partial charge in [-0.2, -0.15) is 4.31 Å². The van der Waals surface area contributed by atoms with Gasteiger partial charge in [-0.25, -0.2) is 8.42 Å². The van der Waals surface area contributed by atoms with Crippen molar-refractivity contribution in [3.8, 4) is 0 Å². The lowest BCUT2D eigenvalue weighted by atomic mass is 10.1. The Labute approximate surface area is 201 Å². The number of nitrogens with zero attached hydrogens (tertiary/aromatic N) is 1. The molecule has 2 aromatic carbocycles. The Hall–Kier alpha value is -2.75. The second kappa shape index (κ2) is 11.1. The van der Waals surface area contributed by atoms with E-state index in [1.165, 1.54) is 16.4 Å². The molecule has 2 atom stereocenters. The second-order valence-electron chi connectivity index (χ2n) is 9.14. The predicted octanol–water partition coefficient (Wildman–Crippen LogP) is 3.40. The van der Waals surface area contributed by atoms with E-state index in [9.17, 15) is 18.0 Å². The summed E-state index contributed by atoms with van der Waals surface area (Å²) in [4.78, 5) is 24.8. The zero-order chi connectivity index (χ0) is 24.9. The van der Waals surface area contributed by atoms with E-state index in [1.807, 2.05) is 39.8 Å². The molecule has 0 aromatic heterocycles. The standard InChI is InChI=1S/C25H33N3O5S/c1-17(2)11-24(29)27-22-9-5-7-20(12-22)14-26-25(30)21-8-6-10-23(13-21)34(31,32)28-15-18(3)33-19(4)16-28/h5-10,12-13,17-19H,11,14-16H2,1-4H3,(H,26,30)(H,27,29). The molecule has 1 fully saturated rings. The minimum atomic E-state index is -3.74. The fourth-order valence-electron chi connectivity index (χ4n) is 3.90. The quantitative estimate of drug-likeness (QED) is 0.594. The van der Waals surface area contributed by atoms with Crippen molar-refractivity contribution in [1.29, 1.82) is 0 Å². The Bertz CT molecular complexity index is 1120. The number of hydrogen-bond donors (Lipinski definition) is 2. The molecule has 34 heavy (non-hydrogen) atoms. The van der Waals surface area contributed by atoms with E-state index in [1.54, 1.807) is 24.3 Å². The molecule has 0 aliphatic carbocycles. The summed E-state index contributed by atoms with van der Waals surface area (Å²) >= 11 is 0. The van der Waals surface area contributed by atoms with Crippen LogP contribution < -0.4 is 10.6 Å². The highest BCUT2D eigenvalue weighted by molar-refractivity contribution is 7.89. The highest BCUT2D eigenvalue weighted by Gasteiger charge is 2.32. The van der Waals surface area contributed by atoms with Gasteiger partial charge in [-0.15, -0.1) is 0 Å².